The normalized spacial score (nSPS) is 16.3. The lowest BCUT2D eigenvalue weighted by molar-refractivity contribution is -0.0584. The predicted octanol–water partition coefficient (Wildman–Crippen LogP) is 4.07. The van der Waals surface area contributed by atoms with Crippen LogP contribution in [-0.4, -0.2) is 37.8 Å². The Hall–Kier alpha value is -3.43. The number of fused-ring (bicyclic) bond motifs is 1. The summed E-state index contributed by atoms with van der Waals surface area (Å²) in [5, 5.41) is 0. The zero-order valence-electron chi connectivity index (χ0n) is 20.4. The second kappa shape index (κ2) is 9.67. The van der Waals surface area contributed by atoms with E-state index in [1.165, 1.54) is 16.2 Å². The van der Waals surface area contributed by atoms with Crippen molar-refractivity contribution in [2.45, 2.75) is 64.6 Å². The van der Waals surface area contributed by atoms with Crippen LogP contribution in [0.5, 0.6) is 11.5 Å². The Bertz CT molecular complexity index is 1380. The van der Waals surface area contributed by atoms with Gasteiger partial charge in [0.2, 0.25) is 5.92 Å². The number of hydrogen-bond donors (Lipinski definition) is 0. The molecule has 1 aliphatic rings. The summed E-state index contributed by atoms with van der Waals surface area (Å²) in [5.41, 5.74) is 0.787. The molecule has 188 valence electrons. The van der Waals surface area contributed by atoms with E-state index in [0.29, 0.717) is 47.9 Å². The van der Waals surface area contributed by atoms with Crippen molar-refractivity contribution in [1.29, 1.82) is 0 Å². The molecule has 1 fully saturated rings. The zero-order chi connectivity index (χ0) is 25.3. The van der Waals surface area contributed by atoms with Gasteiger partial charge in [-0.2, -0.15) is 0 Å². The van der Waals surface area contributed by atoms with Crippen molar-refractivity contribution in [3.05, 3.63) is 50.4 Å². The topological polar surface area (TPSA) is 80.3 Å². The Kier molecular flexibility index (Phi) is 6.82. The van der Waals surface area contributed by atoms with E-state index in [9.17, 15) is 18.4 Å². The molecule has 2 aromatic heterocycles. The maximum atomic E-state index is 13.4. The summed E-state index contributed by atoms with van der Waals surface area (Å²) in [7, 11) is 3.27. The van der Waals surface area contributed by atoms with Crippen molar-refractivity contribution in [3.63, 3.8) is 0 Å². The average molecular weight is 489 g/mol. The standard InChI is InChI=1S/C25H30F2N4O4/c1-5-30-22-21(23(32)31(6-2)24(30)33)29(3)20(28-22)10-8-16-7-9-18(19(15-16)34-4)35-17-11-13-25(26,27)14-12-17/h7-10,15,17H,5-6,11-14H2,1-4H3. The van der Waals surface area contributed by atoms with Crippen molar-refractivity contribution < 1.29 is 18.3 Å². The van der Waals surface area contributed by atoms with Crippen LogP contribution in [0.1, 0.15) is 50.9 Å². The Morgan fingerprint density at radius 1 is 1.09 bits per heavy atom. The van der Waals surface area contributed by atoms with Gasteiger partial charge >= 0.3 is 5.69 Å². The van der Waals surface area contributed by atoms with Crippen LogP contribution in [0.3, 0.4) is 0 Å². The first-order valence-corrected chi connectivity index (χ1v) is 11.8. The molecule has 1 aliphatic carbocycles. The number of ether oxygens (including phenoxy) is 2. The average Bonchev–Trinajstić information content (AvgIpc) is 3.16. The van der Waals surface area contributed by atoms with Crippen LogP contribution >= 0.6 is 0 Å². The molecule has 0 radical (unpaired) electrons. The summed E-state index contributed by atoms with van der Waals surface area (Å²) in [4.78, 5) is 30.1. The van der Waals surface area contributed by atoms with Crippen molar-refractivity contribution >= 4 is 23.3 Å². The second-order valence-corrected chi connectivity index (χ2v) is 8.69. The number of methoxy groups -OCH3 is 1. The quantitative estimate of drug-likeness (QED) is 0.501. The van der Waals surface area contributed by atoms with Gasteiger partial charge in [-0.1, -0.05) is 12.1 Å². The molecule has 0 bridgehead atoms. The lowest BCUT2D eigenvalue weighted by Crippen LogP contribution is -2.39. The second-order valence-electron chi connectivity index (χ2n) is 8.69. The van der Waals surface area contributed by atoms with Gasteiger partial charge in [0.25, 0.3) is 5.56 Å². The number of aromatic nitrogens is 4. The largest absolute Gasteiger partial charge is 0.493 e. The number of aryl methyl sites for hydroxylation is 2. The van der Waals surface area contributed by atoms with Gasteiger partial charge in [-0.3, -0.25) is 13.9 Å². The van der Waals surface area contributed by atoms with Gasteiger partial charge in [0.15, 0.2) is 22.7 Å². The smallest absolute Gasteiger partial charge is 0.332 e. The first-order chi connectivity index (χ1) is 16.7. The van der Waals surface area contributed by atoms with E-state index in [1.54, 1.807) is 36.7 Å². The van der Waals surface area contributed by atoms with Gasteiger partial charge < -0.3 is 14.0 Å². The lowest BCUT2D eigenvalue weighted by Gasteiger charge is -2.29. The number of benzene rings is 1. The SMILES string of the molecule is CCn1c(=O)c2c(nc(C=Cc3ccc(OC4CCC(F)(F)CC4)c(OC)c3)n2C)n(CC)c1=O. The third kappa shape index (κ3) is 4.74. The molecule has 0 N–H and O–H groups in total. The number of halogens is 2. The van der Waals surface area contributed by atoms with E-state index in [-0.39, 0.29) is 36.7 Å². The first kappa shape index (κ1) is 24.7. The molecule has 0 spiro atoms. The van der Waals surface area contributed by atoms with Crippen LogP contribution in [0.25, 0.3) is 23.3 Å². The maximum absolute atomic E-state index is 13.4. The van der Waals surface area contributed by atoms with Gasteiger partial charge in [-0.05, 0) is 50.5 Å². The van der Waals surface area contributed by atoms with Gasteiger partial charge in [0, 0.05) is 33.0 Å². The number of alkyl halides is 2. The predicted molar refractivity (Wildman–Crippen MR) is 130 cm³/mol. The van der Waals surface area contributed by atoms with Gasteiger partial charge in [0.05, 0.1) is 13.2 Å². The molecule has 10 heteroatoms. The summed E-state index contributed by atoms with van der Waals surface area (Å²) >= 11 is 0. The molecule has 0 amide bonds. The minimum atomic E-state index is -2.61. The monoisotopic (exact) mass is 488 g/mol. The Morgan fingerprint density at radius 3 is 2.40 bits per heavy atom. The van der Waals surface area contributed by atoms with Crippen LogP contribution in [0.15, 0.2) is 27.8 Å². The summed E-state index contributed by atoms with van der Waals surface area (Å²) in [6.07, 6.45) is 3.57. The van der Waals surface area contributed by atoms with Gasteiger partial charge in [-0.25, -0.2) is 18.6 Å². The van der Waals surface area contributed by atoms with Crippen LogP contribution < -0.4 is 20.7 Å². The Labute approximate surface area is 201 Å². The van der Waals surface area contributed by atoms with E-state index >= 15 is 0 Å². The minimum absolute atomic E-state index is 0.173. The summed E-state index contributed by atoms with van der Waals surface area (Å²) < 4.78 is 42.7. The highest BCUT2D eigenvalue weighted by atomic mass is 19.3. The van der Waals surface area contributed by atoms with Crippen molar-refractivity contribution in [2.24, 2.45) is 7.05 Å². The van der Waals surface area contributed by atoms with Crippen LogP contribution in [-0.2, 0) is 20.1 Å². The summed E-state index contributed by atoms with van der Waals surface area (Å²) in [6, 6.07) is 5.38. The number of imidazole rings is 1. The maximum Gasteiger partial charge on any atom is 0.332 e. The summed E-state index contributed by atoms with van der Waals surface area (Å²) in [5.74, 6) is -1.08. The molecule has 2 heterocycles. The molecular weight excluding hydrogens is 458 g/mol. The van der Waals surface area contributed by atoms with E-state index in [1.807, 2.05) is 19.1 Å². The summed E-state index contributed by atoms with van der Waals surface area (Å²) in [6.45, 7) is 4.27. The minimum Gasteiger partial charge on any atom is -0.493 e. The Morgan fingerprint density at radius 2 is 1.77 bits per heavy atom. The van der Waals surface area contributed by atoms with E-state index in [2.05, 4.69) is 4.98 Å². The van der Waals surface area contributed by atoms with E-state index < -0.39 is 5.92 Å². The van der Waals surface area contributed by atoms with Crippen LogP contribution in [0.2, 0.25) is 0 Å². The number of nitrogens with zero attached hydrogens (tertiary/aromatic N) is 4. The fourth-order valence-corrected chi connectivity index (χ4v) is 4.46. The Balaban J connectivity index is 1.62. The number of hydrogen-bond acceptors (Lipinski definition) is 5. The molecule has 1 aromatic carbocycles. The molecule has 4 rings (SSSR count). The molecule has 0 saturated heterocycles. The van der Waals surface area contributed by atoms with Gasteiger partial charge in [0.1, 0.15) is 5.82 Å². The van der Waals surface area contributed by atoms with Crippen molar-refractivity contribution in [1.82, 2.24) is 18.7 Å². The highest BCUT2D eigenvalue weighted by molar-refractivity contribution is 5.77. The molecule has 35 heavy (non-hydrogen) atoms. The highest BCUT2D eigenvalue weighted by Crippen LogP contribution is 2.37. The fourth-order valence-electron chi connectivity index (χ4n) is 4.46. The molecule has 8 nitrogen and oxygen atoms in total. The van der Waals surface area contributed by atoms with E-state index in [0.717, 1.165) is 5.56 Å². The molecule has 0 atom stereocenters. The van der Waals surface area contributed by atoms with Crippen molar-refractivity contribution in [3.8, 4) is 11.5 Å². The van der Waals surface area contributed by atoms with Crippen LogP contribution in [0, 0.1) is 0 Å². The molecule has 1 saturated carbocycles. The third-order valence-corrected chi connectivity index (χ3v) is 6.48. The van der Waals surface area contributed by atoms with E-state index in [4.69, 9.17) is 9.47 Å². The molecule has 0 unspecified atom stereocenters. The van der Waals surface area contributed by atoms with Gasteiger partial charge in [-0.15, -0.1) is 0 Å². The zero-order valence-corrected chi connectivity index (χ0v) is 20.4. The molecular formula is C25H30F2N4O4. The number of rotatable bonds is 7. The van der Waals surface area contributed by atoms with Crippen molar-refractivity contribution in [2.75, 3.05) is 7.11 Å². The lowest BCUT2D eigenvalue weighted by atomic mass is 9.94. The third-order valence-electron chi connectivity index (χ3n) is 6.48. The van der Waals surface area contributed by atoms with Crippen LogP contribution in [0.4, 0.5) is 8.78 Å². The highest BCUT2D eigenvalue weighted by Gasteiger charge is 2.36. The molecule has 0 aliphatic heterocycles. The fraction of sp³-hybridized carbons (Fsp3) is 0.480. The molecule has 3 aromatic rings. The first-order valence-electron chi connectivity index (χ1n) is 11.8.